The SMILES string of the molecule is C=C1SC(CC)(CC)CN1C. The van der Waals surface area contributed by atoms with Crippen LogP contribution in [0.2, 0.25) is 0 Å². The summed E-state index contributed by atoms with van der Waals surface area (Å²) in [5.41, 5.74) is 0. The molecule has 0 amide bonds. The Bertz CT molecular complexity index is 161. The number of nitrogens with zero attached hydrogens (tertiary/aromatic N) is 1. The predicted molar refractivity (Wildman–Crippen MR) is 52.7 cm³/mol. The average Bonchev–Trinajstić information content (AvgIpc) is 2.29. The summed E-state index contributed by atoms with van der Waals surface area (Å²) in [6.07, 6.45) is 2.50. The van der Waals surface area contributed by atoms with Crippen molar-refractivity contribution in [2.24, 2.45) is 0 Å². The lowest BCUT2D eigenvalue weighted by Crippen LogP contribution is -2.28. The third-order valence-corrected chi connectivity index (χ3v) is 4.26. The highest BCUT2D eigenvalue weighted by Crippen LogP contribution is 2.44. The van der Waals surface area contributed by atoms with Gasteiger partial charge in [-0.15, -0.1) is 11.8 Å². The molecule has 1 aliphatic rings. The minimum atomic E-state index is 0.464. The van der Waals surface area contributed by atoms with Gasteiger partial charge >= 0.3 is 0 Å². The van der Waals surface area contributed by atoms with Gasteiger partial charge in [0.2, 0.25) is 0 Å². The van der Waals surface area contributed by atoms with Gasteiger partial charge in [-0.3, -0.25) is 0 Å². The van der Waals surface area contributed by atoms with E-state index in [0.29, 0.717) is 4.75 Å². The summed E-state index contributed by atoms with van der Waals surface area (Å²) in [5.74, 6) is 0. The summed E-state index contributed by atoms with van der Waals surface area (Å²) in [5, 5.41) is 1.23. The van der Waals surface area contributed by atoms with Gasteiger partial charge in [0.15, 0.2) is 0 Å². The van der Waals surface area contributed by atoms with E-state index in [-0.39, 0.29) is 0 Å². The maximum Gasteiger partial charge on any atom is 0.0638 e. The van der Waals surface area contributed by atoms with E-state index in [1.807, 2.05) is 11.8 Å². The molecule has 0 spiro atoms. The van der Waals surface area contributed by atoms with Crippen LogP contribution in [0, 0.1) is 0 Å². The van der Waals surface area contributed by atoms with Gasteiger partial charge in [-0.1, -0.05) is 20.4 Å². The van der Waals surface area contributed by atoms with Crippen LogP contribution in [0.1, 0.15) is 26.7 Å². The van der Waals surface area contributed by atoms with Gasteiger partial charge in [0.05, 0.1) is 5.03 Å². The first-order valence-corrected chi connectivity index (χ1v) is 5.04. The molecule has 0 N–H and O–H groups in total. The Morgan fingerprint density at radius 3 is 2.27 bits per heavy atom. The van der Waals surface area contributed by atoms with E-state index in [0.717, 1.165) is 0 Å². The maximum atomic E-state index is 4.02. The highest BCUT2D eigenvalue weighted by molar-refractivity contribution is 8.04. The van der Waals surface area contributed by atoms with Crippen molar-refractivity contribution in [3.05, 3.63) is 11.6 Å². The van der Waals surface area contributed by atoms with Crippen LogP contribution in [-0.2, 0) is 0 Å². The van der Waals surface area contributed by atoms with Crippen LogP contribution < -0.4 is 0 Å². The topological polar surface area (TPSA) is 3.24 Å². The molecule has 0 aromatic heterocycles. The van der Waals surface area contributed by atoms with Crippen molar-refractivity contribution < 1.29 is 0 Å². The van der Waals surface area contributed by atoms with Gasteiger partial charge in [-0.25, -0.2) is 0 Å². The van der Waals surface area contributed by atoms with Crippen molar-refractivity contribution in [3.8, 4) is 0 Å². The van der Waals surface area contributed by atoms with E-state index in [2.05, 4.69) is 32.4 Å². The van der Waals surface area contributed by atoms with Crippen LogP contribution in [0.25, 0.3) is 0 Å². The molecule has 0 atom stereocenters. The van der Waals surface area contributed by atoms with Crippen molar-refractivity contribution in [1.82, 2.24) is 4.90 Å². The zero-order valence-corrected chi connectivity index (χ0v) is 8.50. The second kappa shape index (κ2) is 3.10. The molecule has 0 unspecified atom stereocenters. The summed E-state index contributed by atoms with van der Waals surface area (Å²) in [6.45, 7) is 9.72. The quantitative estimate of drug-likeness (QED) is 0.628. The van der Waals surface area contributed by atoms with Crippen LogP contribution >= 0.6 is 11.8 Å². The summed E-state index contributed by atoms with van der Waals surface area (Å²) in [4.78, 5) is 2.26. The van der Waals surface area contributed by atoms with Gasteiger partial charge in [0.1, 0.15) is 0 Å². The van der Waals surface area contributed by atoms with Crippen LogP contribution in [0.5, 0.6) is 0 Å². The molecule has 1 rings (SSSR count). The number of rotatable bonds is 2. The van der Waals surface area contributed by atoms with Crippen molar-refractivity contribution in [1.29, 1.82) is 0 Å². The van der Waals surface area contributed by atoms with E-state index in [9.17, 15) is 0 Å². The molecule has 0 radical (unpaired) electrons. The number of hydrogen-bond acceptors (Lipinski definition) is 2. The van der Waals surface area contributed by atoms with Crippen molar-refractivity contribution in [2.45, 2.75) is 31.4 Å². The van der Waals surface area contributed by atoms with E-state index in [1.165, 1.54) is 24.4 Å². The zero-order chi connectivity index (χ0) is 8.48. The molecule has 2 heteroatoms. The Morgan fingerprint density at radius 1 is 1.55 bits per heavy atom. The van der Waals surface area contributed by atoms with Crippen LogP contribution in [0.3, 0.4) is 0 Å². The van der Waals surface area contributed by atoms with Gasteiger partial charge in [-0.05, 0) is 12.8 Å². The third-order valence-electron chi connectivity index (χ3n) is 2.57. The van der Waals surface area contributed by atoms with Gasteiger partial charge in [0, 0.05) is 18.3 Å². The second-order valence-electron chi connectivity index (χ2n) is 3.24. The van der Waals surface area contributed by atoms with Crippen LogP contribution in [0.4, 0.5) is 0 Å². The summed E-state index contributed by atoms with van der Waals surface area (Å²) < 4.78 is 0.464. The minimum Gasteiger partial charge on any atom is -0.368 e. The Balaban J connectivity index is 2.68. The summed E-state index contributed by atoms with van der Waals surface area (Å²) in [7, 11) is 2.13. The highest BCUT2D eigenvalue weighted by Gasteiger charge is 2.36. The fourth-order valence-corrected chi connectivity index (χ4v) is 2.77. The van der Waals surface area contributed by atoms with Crippen LogP contribution in [0.15, 0.2) is 11.6 Å². The molecule has 0 bridgehead atoms. The maximum absolute atomic E-state index is 4.02. The summed E-state index contributed by atoms with van der Waals surface area (Å²) >= 11 is 1.95. The van der Waals surface area contributed by atoms with Crippen LogP contribution in [-0.4, -0.2) is 23.2 Å². The first-order chi connectivity index (χ1) is 5.13. The van der Waals surface area contributed by atoms with Gasteiger partial charge in [-0.2, -0.15) is 0 Å². The monoisotopic (exact) mass is 171 g/mol. The first kappa shape index (κ1) is 8.98. The van der Waals surface area contributed by atoms with Gasteiger partial charge < -0.3 is 4.90 Å². The molecule has 1 heterocycles. The van der Waals surface area contributed by atoms with E-state index in [4.69, 9.17) is 0 Å². The Kier molecular flexibility index (Phi) is 2.53. The normalized spacial score (nSPS) is 22.8. The lowest BCUT2D eigenvalue weighted by molar-refractivity contribution is 0.389. The molecule has 0 aromatic rings. The summed E-state index contributed by atoms with van der Waals surface area (Å²) in [6, 6.07) is 0. The lowest BCUT2D eigenvalue weighted by Gasteiger charge is -2.23. The smallest absolute Gasteiger partial charge is 0.0638 e. The highest BCUT2D eigenvalue weighted by atomic mass is 32.2. The standard InChI is InChI=1S/C9H17NS/c1-5-9(6-2)7-10(4)8(3)11-9/h3,5-7H2,1-2,4H3. The number of thioether (sulfide) groups is 1. The molecule has 1 nitrogen and oxygen atoms in total. The first-order valence-electron chi connectivity index (χ1n) is 4.22. The molecule has 0 aromatic carbocycles. The van der Waals surface area contributed by atoms with Crippen molar-refractivity contribution >= 4 is 11.8 Å². The Hall–Kier alpha value is -0.110. The fraction of sp³-hybridized carbons (Fsp3) is 0.778. The molecule has 1 saturated heterocycles. The fourth-order valence-electron chi connectivity index (χ4n) is 1.50. The zero-order valence-electron chi connectivity index (χ0n) is 7.68. The lowest BCUT2D eigenvalue weighted by atomic mass is 10.0. The molecular weight excluding hydrogens is 154 g/mol. The number of hydrogen-bond donors (Lipinski definition) is 0. The molecule has 11 heavy (non-hydrogen) atoms. The molecular formula is C9H17NS. The molecule has 1 fully saturated rings. The third kappa shape index (κ3) is 1.56. The Labute approximate surface area is 73.8 Å². The molecule has 0 saturated carbocycles. The predicted octanol–water partition coefficient (Wildman–Crippen LogP) is 2.70. The van der Waals surface area contributed by atoms with Crippen molar-refractivity contribution in [3.63, 3.8) is 0 Å². The van der Waals surface area contributed by atoms with Gasteiger partial charge in [0.25, 0.3) is 0 Å². The Morgan fingerprint density at radius 2 is 2.09 bits per heavy atom. The molecule has 1 aliphatic heterocycles. The molecule has 0 aliphatic carbocycles. The second-order valence-corrected chi connectivity index (χ2v) is 4.78. The average molecular weight is 171 g/mol. The van der Waals surface area contributed by atoms with Crippen molar-refractivity contribution in [2.75, 3.05) is 13.6 Å². The van der Waals surface area contributed by atoms with E-state index in [1.54, 1.807) is 0 Å². The largest absolute Gasteiger partial charge is 0.368 e. The molecule has 64 valence electrons. The van der Waals surface area contributed by atoms with E-state index >= 15 is 0 Å². The minimum absolute atomic E-state index is 0.464. The van der Waals surface area contributed by atoms with E-state index < -0.39 is 0 Å².